The van der Waals surface area contributed by atoms with Crippen LogP contribution in [0.5, 0.6) is 0 Å². The highest BCUT2D eigenvalue weighted by Crippen LogP contribution is 2.28. The van der Waals surface area contributed by atoms with Gasteiger partial charge in [-0.1, -0.05) is 30.3 Å². The predicted molar refractivity (Wildman–Crippen MR) is 115 cm³/mol. The Morgan fingerprint density at radius 3 is 2.57 bits per heavy atom. The molecular weight excluding hydrogens is 378 g/mol. The van der Waals surface area contributed by atoms with Crippen molar-refractivity contribution >= 4 is 29.0 Å². The topological polar surface area (TPSA) is 79.4 Å². The molecule has 1 aliphatic heterocycles. The summed E-state index contributed by atoms with van der Waals surface area (Å²) in [6.07, 6.45) is 4.74. The van der Waals surface area contributed by atoms with Gasteiger partial charge in [-0.25, -0.2) is 0 Å². The van der Waals surface area contributed by atoms with Gasteiger partial charge in [0.05, 0.1) is 11.1 Å². The quantitative estimate of drug-likeness (QED) is 0.669. The van der Waals surface area contributed by atoms with Crippen LogP contribution < -0.4 is 10.2 Å². The van der Waals surface area contributed by atoms with Crippen LogP contribution in [0, 0.1) is 0 Å². The number of nitrogens with one attached hydrogen (secondary N) is 1. The van der Waals surface area contributed by atoms with Crippen LogP contribution in [0.4, 0.5) is 11.4 Å². The molecule has 0 saturated carbocycles. The van der Waals surface area contributed by atoms with Gasteiger partial charge in [-0.05, 0) is 49.6 Å². The van der Waals surface area contributed by atoms with Crippen molar-refractivity contribution in [3.63, 3.8) is 0 Å². The van der Waals surface area contributed by atoms with E-state index in [0.29, 0.717) is 23.4 Å². The lowest BCUT2D eigenvalue weighted by atomic mass is 10.0. The normalized spacial score (nSPS) is 12.8. The van der Waals surface area contributed by atoms with E-state index in [2.05, 4.69) is 10.3 Å². The monoisotopic (exact) mass is 399 g/mol. The molecule has 0 bridgehead atoms. The third-order valence-electron chi connectivity index (χ3n) is 5.13. The van der Waals surface area contributed by atoms with Crippen molar-refractivity contribution in [3.05, 3.63) is 89.2 Å². The maximum absolute atomic E-state index is 13.1. The number of benzene rings is 2. The average molecular weight is 399 g/mol. The molecule has 0 aliphatic carbocycles. The number of amides is 2. The SMILES string of the molecule is CC(=O)c1cccc(NC(=O)c2cncc(C(=O)N3CCCc4ccccc43)c2)c1. The highest BCUT2D eigenvalue weighted by Gasteiger charge is 2.24. The molecule has 2 aromatic carbocycles. The molecule has 3 aromatic rings. The second-order valence-corrected chi connectivity index (χ2v) is 7.24. The lowest BCUT2D eigenvalue weighted by Gasteiger charge is -2.29. The van der Waals surface area contributed by atoms with Crippen molar-refractivity contribution in [2.24, 2.45) is 0 Å². The van der Waals surface area contributed by atoms with Crippen LogP contribution in [0.15, 0.2) is 67.0 Å². The molecule has 0 unspecified atom stereocenters. The van der Waals surface area contributed by atoms with Gasteiger partial charge >= 0.3 is 0 Å². The van der Waals surface area contributed by atoms with Crippen LogP contribution in [-0.2, 0) is 6.42 Å². The Morgan fingerprint density at radius 2 is 1.73 bits per heavy atom. The van der Waals surface area contributed by atoms with Crippen molar-refractivity contribution < 1.29 is 14.4 Å². The molecule has 0 spiro atoms. The number of aromatic nitrogens is 1. The Bertz CT molecular complexity index is 1140. The summed E-state index contributed by atoms with van der Waals surface area (Å²) in [5.74, 6) is -0.651. The number of nitrogens with zero attached hydrogens (tertiary/aromatic N) is 2. The fraction of sp³-hybridized carbons (Fsp3) is 0.167. The van der Waals surface area contributed by atoms with E-state index in [-0.39, 0.29) is 17.3 Å². The summed E-state index contributed by atoms with van der Waals surface area (Å²) in [6.45, 7) is 2.10. The minimum absolute atomic E-state index is 0.0813. The molecule has 6 heteroatoms. The van der Waals surface area contributed by atoms with Gasteiger partial charge in [-0.15, -0.1) is 0 Å². The van der Waals surface area contributed by atoms with Gasteiger partial charge in [0, 0.05) is 35.9 Å². The molecule has 4 rings (SSSR count). The van der Waals surface area contributed by atoms with Crippen LogP contribution in [0.2, 0.25) is 0 Å². The molecule has 2 heterocycles. The van der Waals surface area contributed by atoms with Gasteiger partial charge in [0.1, 0.15) is 0 Å². The first-order valence-corrected chi connectivity index (χ1v) is 9.80. The lowest BCUT2D eigenvalue weighted by Crippen LogP contribution is -2.35. The second-order valence-electron chi connectivity index (χ2n) is 7.24. The molecule has 1 aromatic heterocycles. The zero-order valence-electron chi connectivity index (χ0n) is 16.6. The van der Waals surface area contributed by atoms with E-state index in [1.54, 1.807) is 35.2 Å². The summed E-state index contributed by atoms with van der Waals surface area (Å²) in [5, 5.41) is 2.76. The molecule has 150 valence electrons. The van der Waals surface area contributed by atoms with Gasteiger partial charge in [-0.3, -0.25) is 19.4 Å². The Morgan fingerprint density at radius 1 is 0.933 bits per heavy atom. The van der Waals surface area contributed by atoms with Crippen LogP contribution in [-0.4, -0.2) is 29.1 Å². The summed E-state index contributed by atoms with van der Waals surface area (Å²) >= 11 is 0. The van der Waals surface area contributed by atoms with Gasteiger partial charge in [-0.2, -0.15) is 0 Å². The zero-order chi connectivity index (χ0) is 21.1. The molecule has 0 atom stereocenters. The Hall–Kier alpha value is -3.80. The number of para-hydroxylation sites is 1. The van der Waals surface area contributed by atoms with Gasteiger partial charge in [0.2, 0.25) is 0 Å². The molecule has 0 fully saturated rings. The Kier molecular flexibility index (Phi) is 5.39. The molecule has 0 radical (unpaired) electrons. The summed E-state index contributed by atoms with van der Waals surface area (Å²) < 4.78 is 0. The first-order valence-electron chi connectivity index (χ1n) is 9.80. The molecule has 30 heavy (non-hydrogen) atoms. The Labute approximate surface area is 174 Å². The van der Waals surface area contributed by atoms with E-state index in [9.17, 15) is 14.4 Å². The van der Waals surface area contributed by atoms with E-state index in [4.69, 9.17) is 0 Å². The standard InChI is InChI=1S/C24H21N3O3/c1-16(28)18-7-4-9-21(13-18)26-23(29)19-12-20(15-25-14-19)24(30)27-11-5-8-17-6-2-3-10-22(17)27/h2-4,6-7,9-10,12-15H,5,8,11H2,1H3,(H,26,29). The van der Waals surface area contributed by atoms with Crippen LogP contribution in [0.3, 0.4) is 0 Å². The molecule has 2 amide bonds. The minimum atomic E-state index is -0.392. The zero-order valence-corrected chi connectivity index (χ0v) is 16.6. The number of ketones is 1. The van der Waals surface area contributed by atoms with E-state index < -0.39 is 5.91 Å². The number of hydrogen-bond acceptors (Lipinski definition) is 4. The van der Waals surface area contributed by atoms with Crippen LogP contribution in [0.25, 0.3) is 0 Å². The summed E-state index contributed by atoms with van der Waals surface area (Å²) in [6, 6.07) is 16.1. The van der Waals surface area contributed by atoms with Crippen molar-refractivity contribution in [1.82, 2.24) is 4.98 Å². The first kappa shape index (κ1) is 19.5. The van der Waals surface area contributed by atoms with Crippen molar-refractivity contribution in [2.45, 2.75) is 19.8 Å². The number of carbonyl (C=O) groups excluding carboxylic acids is 3. The number of carbonyl (C=O) groups is 3. The fourth-order valence-electron chi connectivity index (χ4n) is 3.60. The number of Topliss-reactive ketones (excluding diaryl/α,β-unsaturated/α-hetero) is 1. The highest BCUT2D eigenvalue weighted by molar-refractivity contribution is 6.10. The van der Waals surface area contributed by atoms with Crippen molar-refractivity contribution in [2.75, 3.05) is 16.8 Å². The smallest absolute Gasteiger partial charge is 0.259 e. The van der Waals surface area contributed by atoms with Crippen LogP contribution in [0.1, 0.15) is 50.0 Å². The predicted octanol–water partition coefficient (Wildman–Crippen LogP) is 4.13. The Balaban J connectivity index is 1.56. The van der Waals surface area contributed by atoms with E-state index in [1.165, 1.54) is 19.3 Å². The maximum atomic E-state index is 13.1. The van der Waals surface area contributed by atoms with E-state index in [1.807, 2.05) is 24.3 Å². The minimum Gasteiger partial charge on any atom is -0.322 e. The molecule has 1 N–H and O–H groups in total. The number of aryl methyl sites for hydroxylation is 1. The summed E-state index contributed by atoms with van der Waals surface area (Å²) in [7, 11) is 0. The lowest BCUT2D eigenvalue weighted by molar-refractivity contribution is 0.0982. The number of hydrogen-bond donors (Lipinski definition) is 1. The van der Waals surface area contributed by atoms with Gasteiger partial charge < -0.3 is 10.2 Å². The largest absolute Gasteiger partial charge is 0.322 e. The maximum Gasteiger partial charge on any atom is 0.259 e. The van der Waals surface area contributed by atoms with Crippen molar-refractivity contribution in [3.8, 4) is 0 Å². The third-order valence-corrected chi connectivity index (χ3v) is 5.13. The first-order chi connectivity index (χ1) is 14.5. The highest BCUT2D eigenvalue weighted by atomic mass is 16.2. The second kappa shape index (κ2) is 8.29. The summed E-state index contributed by atoms with van der Waals surface area (Å²) in [5.41, 5.74) is 3.71. The number of fused-ring (bicyclic) bond motifs is 1. The van der Waals surface area contributed by atoms with Gasteiger partial charge in [0.15, 0.2) is 5.78 Å². The third kappa shape index (κ3) is 3.98. The van der Waals surface area contributed by atoms with Crippen LogP contribution >= 0.6 is 0 Å². The van der Waals surface area contributed by atoms with E-state index in [0.717, 1.165) is 24.1 Å². The van der Waals surface area contributed by atoms with Gasteiger partial charge in [0.25, 0.3) is 11.8 Å². The molecule has 0 saturated heterocycles. The van der Waals surface area contributed by atoms with E-state index >= 15 is 0 Å². The fourth-order valence-corrected chi connectivity index (χ4v) is 3.60. The number of rotatable bonds is 4. The number of anilines is 2. The molecule has 6 nitrogen and oxygen atoms in total. The van der Waals surface area contributed by atoms with Crippen molar-refractivity contribution in [1.29, 1.82) is 0 Å². The average Bonchev–Trinajstić information content (AvgIpc) is 2.78. The number of pyridine rings is 1. The molecule has 1 aliphatic rings. The molecular formula is C24H21N3O3. The summed E-state index contributed by atoms with van der Waals surface area (Å²) in [4.78, 5) is 43.2.